The minimum Gasteiger partial charge on any atom is -0.300 e. The monoisotopic (exact) mass is 223 g/mol. The van der Waals surface area contributed by atoms with Crippen LogP contribution >= 0.6 is 0 Å². The highest BCUT2D eigenvalue weighted by Crippen LogP contribution is 2.06. The molecule has 1 rings (SSSR count). The molecular formula is C12H21N3O. The summed E-state index contributed by atoms with van der Waals surface area (Å²) in [6, 6.07) is 0. The van der Waals surface area contributed by atoms with Crippen molar-refractivity contribution in [3.8, 4) is 0 Å². The van der Waals surface area contributed by atoms with E-state index >= 15 is 0 Å². The summed E-state index contributed by atoms with van der Waals surface area (Å²) in [5.41, 5.74) is 0. The van der Waals surface area contributed by atoms with Gasteiger partial charge in [-0.15, -0.1) is 0 Å². The molecule has 0 spiro atoms. The van der Waals surface area contributed by atoms with Crippen LogP contribution in [0, 0.1) is 5.92 Å². The van der Waals surface area contributed by atoms with Gasteiger partial charge in [0.2, 0.25) is 0 Å². The van der Waals surface area contributed by atoms with Crippen LogP contribution in [-0.2, 0) is 17.8 Å². The highest BCUT2D eigenvalue weighted by molar-refractivity contribution is 5.78. The van der Waals surface area contributed by atoms with E-state index < -0.39 is 0 Å². The lowest BCUT2D eigenvalue weighted by atomic mass is 10.0. The van der Waals surface area contributed by atoms with Gasteiger partial charge in [-0.1, -0.05) is 20.8 Å². The smallest absolute Gasteiger partial charge is 0.138 e. The van der Waals surface area contributed by atoms with Crippen LogP contribution in [0.5, 0.6) is 0 Å². The average molecular weight is 223 g/mol. The molecule has 16 heavy (non-hydrogen) atoms. The molecule has 0 aliphatic carbocycles. The molecule has 0 aromatic carbocycles. The van der Waals surface area contributed by atoms with Crippen molar-refractivity contribution in [3.05, 3.63) is 12.2 Å². The number of hydrogen-bond donors (Lipinski definition) is 0. The molecule has 0 amide bonds. The molecule has 0 aliphatic rings. The first-order valence-corrected chi connectivity index (χ1v) is 6.01. The number of Topliss-reactive ketones (excluding diaryl/α,β-unsaturated/α-hetero) is 1. The Morgan fingerprint density at radius 3 is 2.88 bits per heavy atom. The molecule has 1 aromatic rings. The molecule has 0 N–H and O–H groups in total. The minimum atomic E-state index is 0.320. The van der Waals surface area contributed by atoms with E-state index in [1.807, 2.05) is 4.68 Å². The Balaban J connectivity index is 2.41. The van der Waals surface area contributed by atoms with E-state index in [1.165, 1.54) is 0 Å². The molecule has 90 valence electrons. The molecule has 0 unspecified atom stereocenters. The number of hydrogen-bond acceptors (Lipinski definition) is 3. The van der Waals surface area contributed by atoms with E-state index in [9.17, 15) is 4.79 Å². The summed E-state index contributed by atoms with van der Waals surface area (Å²) in [6.45, 7) is 7.12. The molecule has 0 radical (unpaired) electrons. The molecule has 4 heteroatoms. The average Bonchev–Trinajstić information content (AvgIpc) is 2.62. The first-order valence-electron chi connectivity index (χ1n) is 6.01. The number of rotatable bonds is 7. The summed E-state index contributed by atoms with van der Waals surface area (Å²) in [4.78, 5) is 15.7. The van der Waals surface area contributed by atoms with Crippen molar-refractivity contribution >= 4 is 5.78 Å². The maximum Gasteiger partial charge on any atom is 0.138 e. The summed E-state index contributed by atoms with van der Waals surface area (Å²) < 4.78 is 1.89. The normalized spacial score (nSPS) is 11.0. The number of ketones is 1. The van der Waals surface area contributed by atoms with Gasteiger partial charge in [-0.2, -0.15) is 5.10 Å². The third-order valence-corrected chi connectivity index (χ3v) is 2.39. The van der Waals surface area contributed by atoms with Crippen LogP contribution in [0.3, 0.4) is 0 Å². The van der Waals surface area contributed by atoms with Gasteiger partial charge in [0.15, 0.2) is 0 Å². The fraction of sp³-hybridized carbons (Fsp3) is 0.750. The number of nitrogens with zero attached hydrogens (tertiary/aromatic N) is 3. The van der Waals surface area contributed by atoms with Crippen LogP contribution in [0.4, 0.5) is 0 Å². The summed E-state index contributed by atoms with van der Waals surface area (Å²) >= 11 is 0. The lowest BCUT2D eigenvalue weighted by Crippen LogP contribution is -2.09. The Kier molecular flexibility index (Phi) is 5.15. The molecule has 4 nitrogen and oxygen atoms in total. The zero-order valence-corrected chi connectivity index (χ0v) is 10.4. The Morgan fingerprint density at radius 1 is 1.50 bits per heavy atom. The van der Waals surface area contributed by atoms with E-state index in [1.54, 1.807) is 6.33 Å². The van der Waals surface area contributed by atoms with Crippen LogP contribution in [0.15, 0.2) is 6.33 Å². The molecular weight excluding hydrogens is 202 g/mol. The van der Waals surface area contributed by atoms with Crippen molar-refractivity contribution in [2.45, 2.75) is 53.0 Å². The second-order valence-corrected chi connectivity index (χ2v) is 4.54. The predicted octanol–water partition coefficient (Wildman–Crippen LogP) is 2.24. The Hall–Kier alpha value is -1.19. The van der Waals surface area contributed by atoms with Crippen LogP contribution in [0.2, 0.25) is 0 Å². The predicted molar refractivity (Wildman–Crippen MR) is 63.1 cm³/mol. The van der Waals surface area contributed by atoms with Gasteiger partial charge in [0.05, 0.1) is 0 Å². The van der Waals surface area contributed by atoms with E-state index in [0.29, 0.717) is 31.0 Å². The van der Waals surface area contributed by atoms with Crippen molar-refractivity contribution in [2.24, 2.45) is 5.92 Å². The fourth-order valence-corrected chi connectivity index (χ4v) is 1.69. The molecule has 0 saturated carbocycles. The fourth-order valence-electron chi connectivity index (χ4n) is 1.69. The summed E-state index contributed by atoms with van der Waals surface area (Å²) in [5.74, 6) is 1.70. The number of aryl methyl sites for hydroxylation is 2. The minimum absolute atomic E-state index is 0.320. The van der Waals surface area contributed by atoms with Gasteiger partial charge in [-0.3, -0.25) is 9.48 Å². The van der Waals surface area contributed by atoms with E-state index in [-0.39, 0.29) is 0 Å². The Bertz CT molecular complexity index is 331. The Labute approximate surface area is 97.1 Å². The maximum atomic E-state index is 11.6. The van der Waals surface area contributed by atoms with Crippen LogP contribution < -0.4 is 0 Å². The quantitative estimate of drug-likeness (QED) is 0.712. The third kappa shape index (κ3) is 4.13. The van der Waals surface area contributed by atoms with Gasteiger partial charge in [-0.05, 0) is 12.3 Å². The van der Waals surface area contributed by atoms with Gasteiger partial charge in [-0.25, -0.2) is 4.98 Å². The van der Waals surface area contributed by atoms with Gasteiger partial charge in [0, 0.05) is 25.8 Å². The second-order valence-electron chi connectivity index (χ2n) is 4.54. The van der Waals surface area contributed by atoms with E-state index in [4.69, 9.17) is 0 Å². The van der Waals surface area contributed by atoms with Gasteiger partial charge >= 0.3 is 0 Å². The number of carbonyl (C=O) groups is 1. The highest BCUT2D eigenvalue weighted by atomic mass is 16.1. The second kappa shape index (κ2) is 6.40. The summed E-state index contributed by atoms with van der Waals surface area (Å²) in [7, 11) is 0. The highest BCUT2D eigenvalue weighted by Gasteiger charge is 2.08. The topological polar surface area (TPSA) is 47.8 Å². The lowest BCUT2D eigenvalue weighted by molar-refractivity contribution is -0.119. The van der Waals surface area contributed by atoms with Crippen LogP contribution in [0.1, 0.15) is 45.9 Å². The van der Waals surface area contributed by atoms with Crippen molar-refractivity contribution in [1.29, 1.82) is 0 Å². The molecule has 0 atom stereocenters. The van der Waals surface area contributed by atoms with Gasteiger partial charge < -0.3 is 0 Å². The maximum absolute atomic E-state index is 11.6. The van der Waals surface area contributed by atoms with Gasteiger partial charge in [0.1, 0.15) is 17.9 Å². The molecule has 1 aromatic heterocycles. The van der Waals surface area contributed by atoms with Crippen molar-refractivity contribution < 1.29 is 4.79 Å². The largest absolute Gasteiger partial charge is 0.300 e. The van der Waals surface area contributed by atoms with Gasteiger partial charge in [0.25, 0.3) is 0 Å². The van der Waals surface area contributed by atoms with Crippen molar-refractivity contribution in [1.82, 2.24) is 14.8 Å². The van der Waals surface area contributed by atoms with Crippen molar-refractivity contribution in [3.63, 3.8) is 0 Å². The molecule has 1 heterocycles. The molecule has 0 fully saturated rings. The van der Waals surface area contributed by atoms with E-state index in [2.05, 4.69) is 30.9 Å². The summed E-state index contributed by atoms with van der Waals surface area (Å²) in [6.07, 6.45) is 4.57. The number of aromatic nitrogens is 3. The zero-order valence-electron chi connectivity index (χ0n) is 10.4. The Morgan fingerprint density at radius 2 is 2.25 bits per heavy atom. The summed E-state index contributed by atoms with van der Waals surface area (Å²) in [5, 5.41) is 4.14. The van der Waals surface area contributed by atoms with Crippen LogP contribution in [-0.4, -0.2) is 20.5 Å². The SMILES string of the molecule is CCCn1ncnc1CCC(=O)CC(C)C. The third-order valence-electron chi connectivity index (χ3n) is 2.39. The van der Waals surface area contributed by atoms with Crippen molar-refractivity contribution in [2.75, 3.05) is 0 Å². The molecule has 0 aliphatic heterocycles. The first kappa shape index (κ1) is 12.9. The number of carbonyl (C=O) groups excluding carboxylic acids is 1. The first-order chi connectivity index (χ1) is 7.63. The molecule has 0 bridgehead atoms. The van der Waals surface area contributed by atoms with E-state index in [0.717, 1.165) is 18.8 Å². The lowest BCUT2D eigenvalue weighted by Gasteiger charge is -2.05. The molecule has 0 saturated heterocycles. The van der Waals surface area contributed by atoms with Crippen LogP contribution in [0.25, 0.3) is 0 Å². The standard InChI is InChI=1S/C12H21N3O/c1-4-7-15-12(13-9-14-15)6-5-11(16)8-10(2)3/h9-10H,4-8H2,1-3H3. The zero-order chi connectivity index (χ0) is 12.0.